The van der Waals surface area contributed by atoms with E-state index in [1.165, 1.54) is 11.0 Å². The molecule has 132 valence electrons. The number of carbonyl (C=O) groups is 1. The summed E-state index contributed by atoms with van der Waals surface area (Å²) >= 11 is 0. The van der Waals surface area contributed by atoms with Gasteiger partial charge in [-0.05, 0) is 18.9 Å². The lowest BCUT2D eigenvalue weighted by molar-refractivity contribution is -0.184. The minimum Gasteiger partial charge on any atom is -0.463 e. The topological polar surface area (TPSA) is 29.5 Å². The van der Waals surface area contributed by atoms with Gasteiger partial charge in [0.1, 0.15) is 6.04 Å². The zero-order valence-corrected chi connectivity index (χ0v) is 13.7. The van der Waals surface area contributed by atoms with Crippen molar-refractivity contribution >= 4 is 5.97 Å². The summed E-state index contributed by atoms with van der Waals surface area (Å²) in [7, 11) is 0. The van der Waals surface area contributed by atoms with E-state index >= 15 is 0 Å². The highest BCUT2D eigenvalue weighted by Gasteiger charge is 2.43. The van der Waals surface area contributed by atoms with E-state index in [4.69, 9.17) is 4.74 Å². The Morgan fingerprint density at radius 2 is 1.96 bits per heavy atom. The molecule has 1 aromatic carbocycles. The van der Waals surface area contributed by atoms with Crippen molar-refractivity contribution in [1.29, 1.82) is 0 Å². The fourth-order valence-corrected chi connectivity index (χ4v) is 2.28. The summed E-state index contributed by atoms with van der Waals surface area (Å²) in [6.07, 6.45) is -3.49. The third-order valence-corrected chi connectivity index (χ3v) is 3.40. The van der Waals surface area contributed by atoms with Crippen molar-refractivity contribution in [2.24, 2.45) is 0 Å². The van der Waals surface area contributed by atoms with Gasteiger partial charge in [0.15, 0.2) is 0 Å². The van der Waals surface area contributed by atoms with Crippen molar-refractivity contribution in [2.45, 2.75) is 32.1 Å². The highest BCUT2D eigenvalue weighted by molar-refractivity contribution is 5.88. The van der Waals surface area contributed by atoms with Crippen LogP contribution in [0.25, 0.3) is 0 Å². The summed E-state index contributed by atoms with van der Waals surface area (Å²) < 4.78 is 45.1. The molecule has 3 nitrogen and oxygen atoms in total. The Morgan fingerprint density at radius 1 is 1.33 bits per heavy atom. The van der Waals surface area contributed by atoms with Crippen LogP contribution in [0.1, 0.15) is 18.9 Å². The molecule has 0 amide bonds. The maximum atomic E-state index is 13.4. The summed E-state index contributed by atoms with van der Waals surface area (Å²) in [6, 6.07) is 7.02. The molecule has 1 atom stereocenters. The number of esters is 1. The number of alkyl halides is 3. The first-order valence-electron chi connectivity index (χ1n) is 7.60. The zero-order chi connectivity index (χ0) is 18.2. The van der Waals surface area contributed by atoms with Crippen LogP contribution in [0, 0.1) is 0 Å². The van der Waals surface area contributed by atoms with Gasteiger partial charge in [0.2, 0.25) is 0 Å². The van der Waals surface area contributed by atoms with Gasteiger partial charge < -0.3 is 4.74 Å². The van der Waals surface area contributed by atoms with Crippen molar-refractivity contribution in [3.63, 3.8) is 0 Å². The molecule has 1 rings (SSSR count). The second-order valence-corrected chi connectivity index (χ2v) is 5.30. The van der Waals surface area contributed by atoms with Gasteiger partial charge in [0.05, 0.1) is 6.61 Å². The van der Waals surface area contributed by atoms with E-state index in [0.29, 0.717) is 5.56 Å². The Balaban J connectivity index is 3.03. The predicted molar refractivity (Wildman–Crippen MR) is 87.3 cm³/mol. The van der Waals surface area contributed by atoms with Gasteiger partial charge in [-0.3, -0.25) is 4.90 Å². The summed E-state index contributed by atoms with van der Waals surface area (Å²) in [5.74, 6) is -0.685. The molecule has 0 aromatic heterocycles. The fraction of sp³-hybridized carbons (Fsp3) is 0.389. The van der Waals surface area contributed by atoms with Crippen LogP contribution in [0.2, 0.25) is 0 Å². The lowest BCUT2D eigenvalue weighted by Crippen LogP contribution is -2.46. The quantitative estimate of drug-likeness (QED) is 0.384. The number of carbonyl (C=O) groups excluding carboxylic acids is 1. The Hall–Kier alpha value is -2.08. The van der Waals surface area contributed by atoms with Crippen LogP contribution in [-0.2, 0) is 16.1 Å². The van der Waals surface area contributed by atoms with Crippen molar-refractivity contribution in [3.05, 3.63) is 60.7 Å². The maximum absolute atomic E-state index is 13.4. The highest BCUT2D eigenvalue weighted by Crippen LogP contribution is 2.29. The first kappa shape index (κ1) is 20.0. The van der Waals surface area contributed by atoms with E-state index < -0.39 is 18.2 Å². The predicted octanol–water partition coefficient (Wildman–Crippen LogP) is 4.11. The Labute approximate surface area is 140 Å². The van der Waals surface area contributed by atoms with Crippen molar-refractivity contribution < 1.29 is 22.7 Å². The molecule has 0 saturated heterocycles. The highest BCUT2D eigenvalue weighted by atomic mass is 19.4. The molecule has 0 radical (unpaired) electrons. The van der Waals surface area contributed by atoms with Gasteiger partial charge in [-0.2, -0.15) is 13.2 Å². The molecule has 24 heavy (non-hydrogen) atoms. The average Bonchev–Trinajstić information content (AvgIpc) is 2.52. The van der Waals surface area contributed by atoms with Gasteiger partial charge >= 0.3 is 12.1 Å². The van der Waals surface area contributed by atoms with Crippen LogP contribution >= 0.6 is 0 Å². The van der Waals surface area contributed by atoms with Gasteiger partial charge in [0, 0.05) is 18.7 Å². The van der Waals surface area contributed by atoms with E-state index in [2.05, 4.69) is 13.2 Å². The number of rotatable bonds is 9. The molecule has 0 bridgehead atoms. The lowest BCUT2D eigenvalue weighted by Gasteiger charge is -2.32. The van der Waals surface area contributed by atoms with Crippen LogP contribution in [0.4, 0.5) is 13.2 Å². The van der Waals surface area contributed by atoms with Crippen LogP contribution in [0.15, 0.2) is 55.1 Å². The molecule has 0 spiro atoms. The second kappa shape index (κ2) is 9.27. The van der Waals surface area contributed by atoms with Crippen LogP contribution < -0.4 is 0 Å². The largest absolute Gasteiger partial charge is 0.463 e. The van der Waals surface area contributed by atoms with E-state index in [0.717, 1.165) is 0 Å². The molecule has 0 heterocycles. The molecular weight excluding hydrogens is 319 g/mol. The number of nitrogens with zero attached hydrogens (tertiary/aromatic N) is 1. The van der Waals surface area contributed by atoms with Crippen molar-refractivity contribution in [2.75, 3.05) is 13.2 Å². The number of benzene rings is 1. The van der Waals surface area contributed by atoms with Gasteiger partial charge in [0.25, 0.3) is 0 Å². The number of halogens is 3. The minimum absolute atomic E-state index is 0.00825. The molecule has 6 heteroatoms. The van der Waals surface area contributed by atoms with Gasteiger partial charge in [-0.15, -0.1) is 6.58 Å². The molecule has 0 aliphatic carbocycles. The standard InChI is InChI=1S/C18H22F3NO2/c1-4-9-16(18(19,20)21)22(12-14(3)17(23)24-5-2)13-15-10-7-6-8-11-15/h4,6-8,10-11,16H,1,3,5,9,12-13H2,2H3. The van der Waals surface area contributed by atoms with E-state index in [1.54, 1.807) is 37.3 Å². The SMILES string of the molecule is C=CCC(N(CC(=C)C(=O)OCC)Cc1ccccc1)C(F)(F)F. The summed E-state index contributed by atoms with van der Waals surface area (Å²) in [6.45, 7) is 8.56. The number of hydrogen-bond acceptors (Lipinski definition) is 3. The Bertz CT molecular complexity index is 555. The molecule has 0 aliphatic heterocycles. The van der Waals surface area contributed by atoms with Crippen LogP contribution in [0.3, 0.4) is 0 Å². The molecule has 1 aromatic rings. The summed E-state index contributed by atoms with van der Waals surface area (Å²) in [5.41, 5.74) is 0.707. The lowest BCUT2D eigenvalue weighted by atomic mass is 10.1. The number of ether oxygens (including phenoxy) is 1. The molecule has 0 fully saturated rings. The fourth-order valence-electron chi connectivity index (χ4n) is 2.28. The van der Waals surface area contributed by atoms with Crippen LogP contribution in [-0.4, -0.2) is 36.2 Å². The Kier molecular flexibility index (Phi) is 7.71. The minimum atomic E-state index is -4.45. The van der Waals surface area contributed by atoms with Gasteiger partial charge in [-0.1, -0.05) is 43.0 Å². The molecule has 1 unspecified atom stereocenters. The normalized spacial score (nSPS) is 12.7. The zero-order valence-electron chi connectivity index (χ0n) is 13.7. The smallest absolute Gasteiger partial charge is 0.404 e. The third kappa shape index (κ3) is 6.20. The van der Waals surface area contributed by atoms with Gasteiger partial charge in [-0.25, -0.2) is 4.79 Å². The monoisotopic (exact) mass is 341 g/mol. The van der Waals surface area contributed by atoms with E-state index in [-0.39, 0.29) is 31.7 Å². The first-order chi connectivity index (χ1) is 11.3. The molecule has 0 N–H and O–H groups in total. The van der Waals surface area contributed by atoms with E-state index in [1.807, 2.05) is 0 Å². The molecular formula is C18H22F3NO2. The van der Waals surface area contributed by atoms with Crippen molar-refractivity contribution in [1.82, 2.24) is 4.90 Å². The van der Waals surface area contributed by atoms with Crippen LogP contribution in [0.5, 0.6) is 0 Å². The van der Waals surface area contributed by atoms with E-state index in [9.17, 15) is 18.0 Å². The molecule has 0 saturated carbocycles. The summed E-state index contributed by atoms with van der Waals surface area (Å²) in [5, 5.41) is 0. The molecule has 0 aliphatic rings. The third-order valence-electron chi connectivity index (χ3n) is 3.40. The maximum Gasteiger partial charge on any atom is 0.404 e. The van der Waals surface area contributed by atoms with Crippen molar-refractivity contribution in [3.8, 4) is 0 Å². The second-order valence-electron chi connectivity index (χ2n) is 5.30. The summed E-state index contributed by atoms with van der Waals surface area (Å²) in [4.78, 5) is 12.9. The Morgan fingerprint density at radius 3 is 2.46 bits per heavy atom. The average molecular weight is 341 g/mol. The first-order valence-corrected chi connectivity index (χ1v) is 7.60. The number of hydrogen-bond donors (Lipinski definition) is 0.